The average Bonchev–Trinajstić information content (AvgIpc) is 1.92. The van der Waals surface area contributed by atoms with Gasteiger partial charge in [0.2, 0.25) is 5.91 Å². The molecule has 2 aliphatic rings. The van der Waals surface area contributed by atoms with Gasteiger partial charge < -0.3 is 5.32 Å². The first-order valence-electron chi connectivity index (χ1n) is 4.87. The Hall–Kier alpha value is -0.530. The van der Waals surface area contributed by atoms with Crippen LogP contribution in [-0.4, -0.2) is 13.0 Å². The second-order valence-electron chi connectivity index (χ2n) is 4.73. The van der Waals surface area contributed by atoms with E-state index in [4.69, 9.17) is 0 Å². The molecule has 2 saturated carbocycles. The third-order valence-electron chi connectivity index (χ3n) is 3.54. The van der Waals surface area contributed by atoms with E-state index in [9.17, 15) is 4.79 Å². The molecule has 0 saturated heterocycles. The van der Waals surface area contributed by atoms with Crippen LogP contribution >= 0.6 is 0 Å². The van der Waals surface area contributed by atoms with E-state index in [1.165, 1.54) is 12.8 Å². The number of hydrogen-bond donors (Lipinski definition) is 1. The van der Waals surface area contributed by atoms with Gasteiger partial charge in [0, 0.05) is 13.0 Å². The zero-order valence-electron chi connectivity index (χ0n) is 7.89. The number of amides is 1. The molecule has 1 N–H and O–H groups in total. The van der Waals surface area contributed by atoms with Gasteiger partial charge in [0.25, 0.3) is 0 Å². The molecule has 2 aliphatic carbocycles. The first kappa shape index (κ1) is 8.09. The Morgan fingerprint density at radius 1 is 1.33 bits per heavy atom. The molecule has 2 heteroatoms. The van der Waals surface area contributed by atoms with E-state index in [2.05, 4.69) is 12.2 Å². The Morgan fingerprint density at radius 3 is 2.33 bits per heavy atom. The molecule has 2 rings (SSSR count). The molecule has 0 aromatic carbocycles. The van der Waals surface area contributed by atoms with Crippen LogP contribution in [0.1, 0.15) is 32.6 Å². The van der Waals surface area contributed by atoms with Crippen LogP contribution in [0.5, 0.6) is 0 Å². The highest BCUT2D eigenvalue weighted by Gasteiger charge is 2.53. The quantitative estimate of drug-likeness (QED) is 0.631. The van der Waals surface area contributed by atoms with Crippen molar-refractivity contribution in [1.29, 1.82) is 0 Å². The van der Waals surface area contributed by atoms with Crippen molar-refractivity contribution < 1.29 is 4.79 Å². The first-order chi connectivity index (χ1) is 5.65. The normalized spacial score (nSPS) is 44.8. The van der Waals surface area contributed by atoms with E-state index in [0.717, 1.165) is 18.8 Å². The van der Waals surface area contributed by atoms with Crippen molar-refractivity contribution >= 4 is 5.91 Å². The van der Waals surface area contributed by atoms with Crippen molar-refractivity contribution in [3.05, 3.63) is 0 Å². The second kappa shape index (κ2) is 2.48. The molecule has 0 atom stereocenters. The molecule has 0 aromatic rings. The second-order valence-corrected chi connectivity index (χ2v) is 4.73. The lowest BCUT2D eigenvalue weighted by atomic mass is 9.48. The summed E-state index contributed by atoms with van der Waals surface area (Å²) in [5.41, 5.74) is 0.608. The van der Waals surface area contributed by atoms with E-state index < -0.39 is 0 Å². The molecule has 0 radical (unpaired) electrons. The van der Waals surface area contributed by atoms with Gasteiger partial charge in [-0.2, -0.15) is 0 Å². The van der Waals surface area contributed by atoms with Crippen LogP contribution in [0.2, 0.25) is 0 Å². The Bertz CT molecular complexity index is 198. The van der Waals surface area contributed by atoms with Crippen LogP contribution in [-0.2, 0) is 4.79 Å². The molecule has 0 aliphatic heterocycles. The van der Waals surface area contributed by atoms with E-state index in [1.54, 1.807) is 7.05 Å². The molecule has 2 fully saturated rings. The molecule has 0 aromatic heterocycles. The van der Waals surface area contributed by atoms with Crippen molar-refractivity contribution in [2.24, 2.45) is 17.3 Å². The highest BCUT2D eigenvalue weighted by atomic mass is 16.1. The van der Waals surface area contributed by atoms with Crippen molar-refractivity contribution in [2.75, 3.05) is 7.05 Å². The van der Waals surface area contributed by atoms with Crippen LogP contribution in [0.3, 0.4) is 0 Å². The van der Waals surface area contributed by atoms with Crippen molar-refractivity contribution in [3.8, 4) is 0 Å². The number of nitrogens with one attached hydrogen (secondary N) is 1. The van der Waals surface area contributed by atoms with E-state index in [-0.39, 0.29) is 5.91 Å². The predicted octanol–water partition coefficient (Wildman–Crippen LogP) is 1.56. The minimum Gasteiger partial charge on any atom is -0.359 e. The summed E-state index contributed by atoms with van der Waals surface area (Å²) in [4.78, 5) is 11.2. The smallest absolute Gasteiger partial charge is 0.222 e. The van der Waals surface area contributed by atoms with Gasteiger partial charge in [-0.15, -0.1) is 0 Å². The van der Waals surface area contributed by atoms with Gasteiger partial charge in [0.1, 0.15) is 0 Å². The Kier molecular flexibility index (Phi) is 1.67. The third kappa shape index (κ3) is 1.05. The minimum absolute atomic E-state index is 0.250. The summed E-state index contributed by atoms with van der Waals surface area (Å²) >= 11 is 0. The zero-order valence-corrected chi connectivity index (χ0v) is 7.89. The van der Waals surface area contributed by atoms with Crippen molar-refractivity contribution in [3.63, 3.8) is 0 Å². The summed E-state index contributed by atoms with van der Waals surface area (Å²) in [6.45, 7) is 2.30. The summed E-state index contributed by atoms with van der Waals surface area (Å²) in [5, 5.41) is 2.73. The van der Waals surface area contributed by atoms with Crippen LogP contribution in [0.25, 0.3) is 0 Å². The van der Waals surface area contributed by atoms with E-state index >= 15 is 0 Å². The summed E-state index contributed by atoms with van der Waals surface area (Å²) in [7, 11) is 1.73. The molecular formula is C10H17NO. The molecule has 2 nitrogen and oxygen atoms in total. The Balaban J connectivity index is 1.81. The van der Waals surface area contributed by atoms with Crippen LogP contribution < -0.4 is 5.32 Å². The molecule has 1 amide bonds. The maximum atomic E-state index is 11.2. The SMILES string of the molecule is CNC(=O)C1CC2(CC(C)C2)C1. The largest absolute Gasteiger partial charge is 0.359 e. The zero-order chi connectivity index (χ0) is 8.77. The van der Waals surface area contributed by atoms with Crippen molar-refractivity contribution in [2.45, 2.75) is 32.6 Å². The summed E-state index contributed by atoms with van der Waals surface area (Å²) in [5.74, 6) is 1.50. The molecule has 0 heterocycles. The lowest BCUT2D eigenvalue weighted by Crippen LogP contribution is -2.51. The predicted molar refractivity (Wildman–Crippen MR) is 47.6 cm³/mol. The number of rotatable bonds is 1. The van der Waals surface area contributed by atoms with Gasteiger partial charge in [0.05, 0.1) is 0 Å². The fourth-order valence-corrected chi connectivity index (χ4v) is 3.13. The maximum absolute atomic E-state index is 11.2. The summed E-state index contributed by atoms with van der Waals surface area (Å²) < 4.78 is 0. The highest BCUT2D eigenvalue weighted by molar-refractivity contribution is 5.79. The fraction of sp³-hybridized carbons (Fsp3) is 0.900. The lowest BCUT2D eigenvalue weighted by Gasteiger charge is -2.56. The molecule has 0 unspecified atom stereocenters. The maximum Gasteiger partial charge on any atom is 0.222 e. The van der Waals surface area contributed by atoms with E-state index in [1.807, 2.05) is 0 Å². The van der Waals surface area contributed by atoms with Crippen LogP contribution in [0, 0.1) is 17.3 Å². The Morgan fingerprint density at radius 2 is 1.92 bits per heavy atom. The minimum atomic E-state index is 0.250. The lowest BCUT2D eigenvalue weighted by molar-refractivity contribution is -0.139. The average molecular weight is 167 g/mol. The van der Waals surface area contributed by atoms with Gasteiger partial charge in [-0.3, -0.25) is 4.79 Å². The monoisotopic (exact) mass is 167 g/mol. The van der Waals surface area contributed by atoms with Gasteiger partial charge >= 0.3 is 0 Å². The van der Waals surface area contributed by atoms with Crippen LogP contribution in [0.4, 0.5) is 0 Å². The number of carbonyl (C=O) groups excluding carboxylic acids is 1. The summed E-state index contributed by atoms with van der Waals surface area (Å²) in [6, 6.07) is 0. The fourth-order valence-electron chi connectivity index (χ4n) is 3.13. The molecule has 0 bridgehead atoms. The number of hydrogen-bond acceptors (Lipinski definition) is 1. The van der Waals surface area contributed by atoms with Gasteiger partial charge in [-0.05, 0) is 37.0 Å². The third-order valence-corrected chi connectivity index (χ3v) is 3.54. The molecular weight excluding hydrogens is 150 g/mol. The summed E-state index contributed by atoms with van der Waals surface area (Å²) in [6.07, 6.45) is 5.02. The number of carbonyl (C=O) groups is 1. The highest BCUT2D eigenvalue weighted by Crippen LogP contribution is 2.60. The molecule has 12 heavy (non-hydrogen) atoms. The molecule has 1 spiro atoms. The van der Waals surface area contributed by atoms with E-state index in [0.29, 0.717) is 11.3 Å². The van der Waals surface area contributed by atoms with Gasteiger partial charge in [-0.1, -0.05) is 6.92 Å². The van der Waals surface area contributed by atoms with Gasteiger partial charge in [-0.25, -0.2) is 0 Å². The van der Waals surface area contributed by atoms with Crippen LogP contribution in [0.15, 0.2) is 0 Å². The Labute approximate surface area is 73.7 Å². The molecule has 68 valence electrons. The standard InChI is InChI=1S/C10H17NO/c1-7-3-10(4-7)5-8(6-10)9(12)11-2/h7-8H,3-6H2,1-2H3,(H,11,12). The van der Waals surface area contributed by atoms with Crippen molar-refractivity contribution in [1.82, 2.24) is 5.32 Å². The topological polar surface area (TPSA) is 29.1 Å². The van der Waals surface area contributed by atoms with Gasteiger partial charge in [0.15, 0.2) is 0 Å². The first-order valence-corrected chi connectivity index (χ1v) is 4.87.